The predicted molar refractivity (Wildman–Crippen MR) is 82.7 cm³/mol. The molecule has 1 amide bonds. The summed E-state index contributed by atoms with van der Waals surface area (Å²) in [7, 11) is 0. The van der Waals surface area contributed by atoms with Gasteiger partial charge in [0.15, 0.2) is 0 Å². The van der Waals surface area contributed by atoms with Gasteiger partial charge in [-0.3, -0.25) is 4.79 Å². The molecule has 0 spiro atoms. The molecule has 0 aliphatic heterocycles. The van der Waals surface area contributed by atoms with Gasteiger partial charge < -0.3 is 11.1 Å². The second kappa shape index (κ2) is 5.95. The smallest absolute Gasteiger partial charge is 0.257 e. The summed E-state index contributed by atoms with van der Waals surface area (Å²) < 4.78 is 0.782. The van der Waals surface area contributed by atoms with E-state index in [0.717, 1.165) is 4.47 Å². The summed E-state index contributed by atoms with van der Waals surface area (Å²) in [5, 5.41) is 12.0. The standard InChI is InChI=1S/C14H9BrClN3O/c15-9-1-3-11(12(16)6-9)14(20)19-13-4-2-10(18)5-8(13)7-17/h1-6H,18H2,(H,19,20). The number of nitrogens with one attached hydrogen (secondary N) is 1. The molecule has 2 aromatic carbocycles. The Kier molecular flexibility index (Phi) is 4.28. The van der Waals surface area contributed by atoms with Crippen LogP contribution in [-0.4, -0.2) is 5.91 Å². The Morgan fingerprint density at radius 1 is 1.30 bits per heavy atom. The molecule has 0 heterocycles. The minimum Gasteiger partial charge on any atom is -0.399 e. The van der Waals surface area contributed by atoms with Crippen molar-refractivity contribution in [1.29, 1.82) is 5.26 Å². The first kappa shape index (κ1) is 14.4. The van der Waals surface area contributed by atoms with Crippen molar-refractivity contribution >= 4 is 44.8 Å². The highest BCUT2D eigenvalue weighted by atomic mass is 79.9. The van der Waals surface area contributed by atoms with Crippen LogP contribution in [0.1, 0.15) is 15.9 Å². The van der Waals surface area contributed by atoms with Crippen LogP contribution in [0, 0.1) is 11.3 Å². The van der Waals surface area contributed by atoms with Gasteiger partial charge in [0.05, 0.1) is 21.8 Å². The Morgan fingerprint density at radius 2 is 2.05 bits per heavy atom. The van der Waals surface area contributed by atoms with Crippen molar-refractivity contribution in [3.63, 3.8) is 0 Å². The van der Waals surface area contributed by atoms with Crippen molar-refractivity contribution in [3.8, 4) is 6.07 Å². The van der Waals surface area contributed by atoms with E-state index in [4.69, 9.17) is 22.6 Å². The maximum absolute atomic E-state index is 12.1. The molecule has 2 rings (SSSR count). The van der Waals surface area contributed by atoms with Gasteiger partial charge in [-0.1, -0.05) is 27.5 Å². The van der Waals surface area contributed by atoms with E-state index in [2.05, 4.69) is 21.2 Å². The Balaban J connectivity index is 2.31. The Bertz CT molecular complexity index is 725. The molecule has 0 saturated carbocycles. The quantitative estimate of drug-likeness (QED) is 0.808. The van der Waals surface area contributed by atoms with Gasteiger partial charge in [-0.05, 0) is 36.4 Å². The van der Waals surface area contributed by atoms with Crippen molar-refractivity contribution in [2.24, 2.45) is 0 Å². The lowest BCUT2D eigenvalue weighted by molar-refractivity contribution is 0.102. The number of benzene rings is 2. The highest BCUT2D eigenvalue weighted by molar-refractivity contribution is 9.10. The third kappa shape index (κ3) is 3.10. The number of carbonyl (C=O) groups is 1. The van der Waals surface area contributed by atoms with Crippen molar-refractivity contribution in [3.05, 3.63) is 57.0 Å². The van der Waals surface area contributed by atoms with Crippen LogP contribution < -0.4 is 11.1 Å². The van der Waals surface area contributed by atoms with Crippen LogP contribution in [0.25, 0.3) is 0 Å². The lowest BCUT2D eigenvalue weighted by Gasteiger charge is -2.09. The number of nitrogen functional groups attached to an aromatic ring is 1. The highest BCUT2D eigenvalue weighted by Gasteiger charge is 2.13. The number of rotatable bonds is 2. The number of hydrogen-bond donors (Lipinski definition) is 2. The predicted octanol–water partition coefficient (Wildman–Crippen LogP) is 3.81. The third-order valence-corrected chi connectivity index (χ3v) is 3.39. The number of amides is 1. The average Bonchev–Trinajstić information content (AvgIpc) is 2.40. The summed E-state index contributed by atoms with van der Waals surface area (Å²) in [5.41, 5.74) is 7.08. The van der Waals surface area contributed by atoms with Crippen LogP contribution in [0.15, 0.2) is 40.9 Å². The van der Waals surface area contributed by atoms with E-state index >= 15 is 0 Å². The Hall–Kier alpha value is -2.03. The highest BCUT2D eigenvalue weighted by Crippen LogP contribution is 2.24. The van der Waals surface area contributed by atoms with Crippen molar-refractivity contribution in [1.82, 2.24) is 0 Å². The van der Waals surface area contributed by atoms with Gasteiger partial charge in [-0.2, -0.15) is 5.26 Å². The third-order valence-electron chi connectivity index (χ3n) is 2.59. The summed E-state index contributed by atoms with van der Waals surface area (Å²) in [6, 6.07) is 11.6. The number of nitriles is 1. The lowest BCUT2D eigenvalue weighted by Crippen LogP contribution is -2.13. The van der Waals surface area contributed by atoms with E-state index in [1.807, 2.05) is 6.07 Å². The first-order valence-corrected chi connectivity index (χ1v) is 6.74. The van der Waals surface area contributed by atoms with Crippen molar-refractivity contribution in [2.45, 2.75) is 0 Å². The molecule has 2 aromatic rings. The molecule has 100 valence electrons. The molecular weight excluding hydrogens is 342 g/mol. The summed E-state index contributed by atoms with van der Waals surface area (Å²) >= 11 is 9.28. The molecule has 0 fully saturated rings. The van der Waals surface area contributed by atoms with E-state index in [0.29, 0.717) is 27.5 Å². The Labute approximate surface area is 129 Å². The molecular formula is C14H9BrClN3O. The first-order chi connectivity index (χ1) is 9.51. The van der Waals surface area contributed by atoms with Gasteiger partial charge >= 0.3 is 0 Å². The average molecular weight is 351 g/mol. The lowest BCUT2D eigenvalue weighted by atomic mass is 10.1. The largest absolute Gasteiger partial charge is 0.399 e. The SMILES string of the molecule is N#Cc1cc(N)ccc1NC(=O)c1ccc(Br)cc1Cl. The molecule has 0 saturated heterocycles. The van der Waals surface area contributed by atoms with Gasteiger partial charge in [-0.15, -0.1) is 0 Å². The monoisotopic (exact) mass is 349 g/mol. The Morgan fingerprint density at radius 3 is 2.70 bits per heavy atom. The van der Waals surface area contributed by atoms with Gasteiger partial charge in [0.1, 0.15) is 6.07 Å². The summed E-state index contributed by atoms with van der Waals surface area (Å²) in [4.78, 5) is 12.1. The second-order valence-corrected chi connectivity index (χ2v) is 5.32. The zero-order valence-corrected chi connectivity index (χ0v) is 12.5. The minimum atomic E-state index is -0.385. The minimum absolute atomic E-state index is 0.298. The molecule has 0 aromatic heterocycles. The van der Waals surface area contributed by atoms with Crippen molar-refractivity contribution in [2.75, 3.05) is 11.1 Å². The number of halogens is 2. The summed E-state index contributed by atoms with van der Waals surface area (Å²) in [6.45, 7) is 0. The maximum Gasteiger partial charge on any atom is 0.257 e. The summed E-state index contributed by atoms with van der Waals surface area (Å²) in [6.07, 6.45) is 0. The summed E-state index contributed by atoms with van der Waals surface area (Å²) in [5.74, 6) is -0.385. The van der Waals surface area contributed by atoms with Gasteiger partial charge in [0.25, 0.3) is 5.91 Å². The molecule has 0 bridgehead atoms. The second-order valence-electron chi connectivity index (χ2n) is 4.00. The van der Waals surface area contributed by atoms with Crippen LogP contribution in [-0.2, 0) is 0 Å². The van der Waals surface area contributed by atoms with Gasteiger partial charge in [-0.25, -0.2) is 0 Å². The zero-order chi connectivity index (χ0) is 14.7. The van der Waals surface area contributed by atoms with Crippen LogP contribution in [0.2, 0.25) is 5.02 Å². The molecule has 0 atom stereocenters. The first-order valence-electron chi connectivity index (χ1n) is 5.57. The number of nitrogens with two attached hydrogens (primary N) is 1. The molecule has 4 nitrogen and oxygen atoms in total. The number of hydrogen-bond acceptors (Lipinski definition) is 3. The molecule has 0 aliphatic carbocycles. The van der Waals surface area contributed by atoms with E-state index in [1.54, 1.807) is 30.3 Å². The normalized spacial score (nSPS) is 9.85. The van der Waals surface area contributed by atoms with E-state index < -0.39 is 0 Å². The van der Waals surface area contributed by atoms with Crippen LogP contribution in [0.5, 0.6) is 0 Å². The molecule has 0 aliphatic rings. The number of carbonyl (C=O) groups excluding carboxylic acids is 1. The van der Waals surface area contributed by atoms with Crippen LogP contribution >= 0.6 is 27.5 Å². The van der Waals surface area contributed by atoms with Crippen LogP contribution in [0.4, 0.5) is 11.4 Å². The molecule has 0 unspecified atom stereocenters. The number of nitrogens with zero attached hydrogens (tertiary/aromatic N) is 1. The fourth-order valence-corrected chi connectivity index (χ4v) is 2.39. The molecule has 0 radical (unpaired) electrons. The zero-order valence-electron chi connectivity index (χ0n) is 10.2. The topological polar surface area (TPSA) is 78.9 Å². The fourth-order valence-electron chi connectivity index (χ4n) is 1.63. The maximum atomic E-state index is 12.1. The molecule has 20 heavy (non-hydrogen) atoms. The van der Waals surface area contributed by atoms with Gasteiger partial charge in [0.2, 0.25) is 0 Å². The van der Waals surface area contributed by atoms with Crippen LogP contribution in [0.3, 0.4) is 0 Å². The molecule has 6 heteroatoms. The van der Waals surface area contributed by atoms with Crippen molar-refractivity contribution < 1.29 is 4.79 Å². The van der Waals surface area contributed by atoms with E-state index in [-0.39, 0.29) is 5.91 Å². The number of anilines is 2. The molecule has 3 N–H and O–H groups in total. The fraction of sp³-hybridized carbons (Fsp3) is 0. The van der Waals surface area contributed by atoms with E-state index in [9.17, 15) is 4.79 Å². The van der Waals surface area contributed by atoms with Gasteiger partial charge in [0, 0.05) is 10.2 Å². The van der Waals surface area contributed by atoms with E-state index in [1.165, 1.54) is 6.07 Å².